The molecular weight excluding hydrogens is 346 g/mol. The molecule has 6 heteroatoms. The van der Waals surface area contributed by atoms with Crippen molar-refractivity contribution >= 4 is 33.3 Å². The average Bonchev–Trinajstić information content (AvgIpc) is 2.99. The Morgan fingerprint density at radius 1 is 1.31 bits per heavy atom. The SMILES string of the molecule is CC(C)(C)OC(=O)N1CC2(CCC(Nc3ccc4ncsc4c3)CC2)C1. The minimum absolute atomic E-state index is 0.166. The maximum Gasteiger partial charge on any atom is 0.410 e. The van der Waals surface area contributed by atoms with E-state index in [9.17, 15) is 4.79 Å². The smallest absolute Gasteiger partial charge is 0.410 e. The molecule has 2 heterocycles. The number of benzene rings is 1. The molecule has 0 atom stereocenters. The first-order chi connectivity index (χ1) is 12.3. The van der Waals surface area contributed by atoms with Gasteiger partial charge in [0.05, 0.1) is 15.7 Å². The fourth-order valence-electron chi connectivity index (χ4n) is 4.09. The number of thiazole rings is 1. The van der Waals surface area contributed by atoms with Gasteiger partial charge in [0.25, 0.3) is 0 Å². The molecule has 1 spiro atoms. The molecule has 1 saturated carbocycles. The Labute approximate surface area is 158 Å². The van der Waals surface area contributed by atoms with Crippen molar-refractivity contribution in [3.05, 3.63) is 23.7 Å². The van der Waals surface area contributed by atoms with Crippen molar-refractivity contribution in [2.45, 2.75) is 58.1 Å². The summed E-state index contributed by atoms with van der Waals surface area (Å²) >= 11 is 1.68. The molecule has 0 bridgehead atoms. The molecule has 2 aliphatic rings. The van der Waals surface area contributed by atoms with Crippen LogP contribution in [-0.4, -0.2) is 40.7 Å². The second kappa shape index (κ2) is 6.41. The summed E-state index contributed by atoms with van der Waals surface area (Å²) in [4.78, 5) is 18.3. The molecule has 1 N–H and O–H groups in total. The highest BCUT2D eigenvalue weighted by molar-refractivity contribution is 7.16. The van der Waals surface area contributed by atoms with E-state index in [0.717, 1.165) is 31.4 Å². The maximum absolute atomic E-state index is 12.1. The standard InChI is InChI=1S/C20H27N3O2S/c1-19(2,3)25-18(24)23-11-20(12-23)8-6-14(7-9-20)22-15-4-5-16-17(10-15)26-13-21-16/h4-5,10,13-14,22H,6-9,11-12H2,1-3H3. The topological polar surface area (TPSA) is 54.5 Å². The van der Waals surface area contributed by atoms with Gasteiger partial charge in [-0.25, -0.2) is 9.78 Å². The Hall–Kier alpha value is -1.82. The molecule has 2 fully saturated rings. The van der Waals surface area contributed by atoms with E-state index >= 15 is 0 Å². The third-order valence-electron chi connectivity index (χ3n) is 5.45. The summed E-state index contributed by atoms with van der Waals surface area (Å²) in [5.74, 6) is 0. The number of carbonyl (C=O) groups excluding carboxylic acids is 1. The van der Waals surface area contributed by atoms with Crippen LogP contribution in [0.3, 0.4) is 0 Å². The van der Waals surface area contributed by atoms with Crippen molar-refractivity contribution < 1.29 is 9.53 Å². The van der Waals surface area contributed by atoms with E-state index in [0.29, 0.717) is 11.5 Å². The van der Waals surface area contributed by atoms with Crippen LogP contribution in [0.2, 0.25) is 0 Å². The lowest BCUT2D eigenvalue weighted by atomic mass is 9.67. The van der Waals surface area contributed by atoms with E-state index in [-0.39, 0.29) is 6.09 Å². The third kappa shape index (κ3) is 3.65. The van der Waals surface area contributed by atoms with Gasteiger partial charge in [-0.3, -0.25) is 0 Å². The summed E-state index contributed by atoms with van der Waals surface area (Å²) in [7, 11) is 0. The summed E-state index contributed by atoms with van der Waals surface area (Å²) in [6.45, 7) is 7.45. The van der Waals surface area contributed by atoms with E-state index in [1.165, 1.54) is 23.2 Å². The summed E-state index contributed by atoms with van der Waals surface area (Å²) in [5, 5.41) is 3.69. The zero-order chi connectivity index (χ0) is 18.4. The second-order valence-electron chi connectivity index (χ2n) is 8.79. The number of fused-ring (bicyclic) bond motifs is 1. The average molecular weight is 374 g/mol. The minimum atomic E-state index is -0.416. The normalized spacial score (nSPS) is 20.2. The van der Waals surface area contributed by atoms with Gasteiger partial charge in [-0.1, -0.05) is 0 Å². The van der Waals surface area contributed by atoms with Crippen LogP contribution in [-0.2, 0) is 4.74 Å². The first kappa shape index (κ1) is 17.6. The molecule has 0 unspecified atom stereocenters. The number of hydrogen-bond acceptors (Lipinski definition) is 5. The van der Waals surface area contributed by atoms with Crippen LogP contribution in [0, 0.1) is 5.41 Å². The quantitative estimate of drug-likeness (QED) is 0.814. The van der Waals surface area contributed by atoms with Crippen LogP contribution in [0.4, 0.5) is 10.5 Å². The number of likely N-dealkylation sites (tertiary alicyclic amines) is 1. The number of ether oxygens (including phenoxy) is 1. The van der Waals surface area contributed by atoms with E-state index < -0.39 is 5.60 Å². The Kier molecular flexibility index (Phi) is 4.34. The molecule has 0 radical (unpaired) electrons. The molecule has 1 aromatic carbocycles. The molecule has 1 aliphatic heterocycles. The first-order valence-corrected chi connectivity index (χ1v) is 10.3. The summed E-state index contributed by atoms with van der Waals surface area (Å²) < 4.78 is 6.71. The van der Waals surface area contributed by atoms with Gasteiger partial charge in [-0.2, -0.15) is 0 Å². The lowest BCUT2D eigenvalue weighted by Crippen LogP contribution is -2.60. The maximum atomic E-state index is 12.1. The zero-order valence-electron chi connectivity index (χ0n) is 15.7. The highest BCUT2D eigenvalue weighted by Crippen LogP contribution is 2.44. The van der Waals surface area contributed by atoms with Gasteiger partial charge in [0.15, 0.2) is 0 Å². The van der Waals surface area contributed by atoms with Crippen molar-refractivity contribution in [1.82, 2.24) is 9.88 Å². The van der Waals surface area contributed by atoms with Crippen molar-refractivity contribution in [3.8, 4) is 0 Å². The number of amides is 1. The molecule has 1 aromatic heterocycles. The Morgan fingerprint density at radius 2 is 2.04 bits per heavy atom. The van der Waals surface area contributed by atoms with Crippen molar-refractivity contribution in [3.63, 3.8) is 0 Å². The Morgan fingerprint density at radius 3 is 2.73 bits per heavy atom. The largest absolute Gasteiger partial charge is 0.444 e. The minimum Gasteiger partial charge on any atom is -0.444 e. The second-order valence-corrected chi connectivity index (χ2v) is 9.68. The van der Waals surface area contributed by atoms with E-state index in [1.54, 1.807) is 11.3 Å². The van der Waals surface area contributed by atoms with Crippen molar-refractivity contribution in [2.24, 2.45) is 5.41 Å². The van der Waals surface area contributed by atoms with E-state index in [1.807, 2.05) is 31.2 Å². The number of nitrogens with one attached hydrogen (secondary N) is 1. The highest BCUT2D eigenvalue weighted by atomic mass is 32.1. The molecule has 1 saturated heterocycles. The lowest BCUT2D eigenvalue weighted by Gasteiger charge is -2.53. The van der Waals surface area contributed by atoms with Gasteiger partial charge in [0.1, 0.15) is 5.60 Å². The van der Waals surface area contributed by atoms with Crippen molar-refractivity contribution in [2.75, 3.05) is 18.4 Å². The summed E-state index contributed by atoms with van der Waals surface area (Å²) in [6, 6.07) is 6.93. The van der Waals surface area contributed by atoms with E-state index in [2.05, 4.69) is 28.5 Å². The predicted molar refractivity (Wildman–Crippen MR) is 106 cm³/mol. The van der Waals surface area contributed by atoms with Crippen LogP contribution in [0.5, 0.6) is 0 Å². The number of anilines is 1. The number of carbonyl (C=O) groups is 1. The molecule has 1 amide bonds. The van der Waals surface area contributed by atoms with Gasteiger partial charge < -0.3 is 15.0 Å². The van der Waals surface area contributed by atoms with E-state index in [4.69, 9.17) is 4.74 Å². The van der Waals surface area contributed by atoms with Gasteiger partial charge in [0.2, 0.25) is 0 Å². The zero-order valence-corrected chi connectivity index (χ0v) is 16.6. The molecule has 26 heavy (non-hydrogen) atoms. The first-order valence-electron chi connectivity index (χ1n) is 9.40. The fourth-order valence-corrected chi connectivity index (χ4v) is 4.81. The predicted octanol–water partition coefficient (Wildman–Crippen LogP) is 4.89. The Balaban J connectivity index is 1.28. The van der Waals surface area contributed by atoms with Crippen LogP contribution < -0.4 is 5.32 Å². The number of hydrogen-bond donors (Lipinski definition) is 1. The van der Waals surface area contributed by atoms with Crippen LogP contribution in [0.15, 0.2) is 23.7 Å². The fraction of sp³-hybridized carbons (Fsp3) is 0.600. The van der Waals surface area contributed by atoms with Crippen molar-refractivity contribution in [1.29, 1.82) is 0 Å². The summed E-state index contributed by atoms with van der Waals surface area (Å²) in [6.07, 6.45) is 4.49. The van der Waals surface area contributed by atoms with Gasteiger partial charge in [0, 0.05) is 30.2 Å². The van der Waals surface area contributed by atoms with Gasteiger partial charge >= 0.3 is 6.09 Å². The lowest BCUT2D eigenvalue weighted by molar-refractivity contribution is -0.0496. The molecule has 1 aliphatic carbocycles. The third-order valence-corrected chi connectivity index (χ3v) is 6.24. The van der Waals surface area contributed by atoms with Gasteiger partial charge in [-0.15, -0.1) is 11.3 Å². The molecular formula is C20H27N3O2S. The molecule has 140 valence electrons. The highest BCUT2D eigenvalue weighted by Gasteiger charge is 2.47. The Bertz CT molecular complexity index is 795. The summed E-state index contributed by atoms with van der Waals surface area (Å²) in [5.41, 5.74) is 4.05. The number of nitrogens with zero attached hydrogens (tertiary/aromatic N) is 2. The number of aromatic nitrogens is 1. The van der Waals surface area contributed by atoms with Crippen LogP contribution >= 0.6 is 11.3 Å². The number of rotatable bonds is 2. The molecule has 2 aromatic rings. The molecule has 5 nitrogen and oxygen atoms in total. The van der Waals surface area contributed by atoms with Crippen LogP contribution in [0.25, 0.3) is 10.2 Å². The van der Waals surface area contributed by atoms with Gasteiger partial charge in [-0.05, 0) is 64.7 Å². The van der Waals surface area contributed by atoms with Crippen LogP contribution in [0.1, 0.15) is 46.5 Å². The monoisotopic (exact) mass is 373 g/mol. The molecule has 4 rings (SSSR count).